The fourth-order valence-corrected chi connectivity index (χ4v) is 3.20. The number of benzene rings is 1. The van der Waals surface area contributed by atoms with E-state index in [2.05, 4.69) is 10.1 Å². The van der Waals surface area contributed by atoms with E-state index in [1.807, 2.05) is 0 Å². The molecule has 2 heterocycles. The maximum absolute atomic E-state index is 14.2. The monoisotopic (exact) mass is 330 g/mol. The molecule has 1 fully saturated rings. The molecule has 4 rings (SSSR count). The second-order valence-electron chi connectivity index (χ2n) is 5.53. The van der Waals surface area contributed by atoms with Gasteiger partial charge in [0.1, 0.15) is 22.9 Å². The highest BCUT2D eigenvalue weighted by molar-refractivity contribution is 6.29. The van der Waals surface area contributed by atoms with Crippen LogP contribution in [0.15, 0.2) is 30.6 Å². The summed E-state index contributed by atoms with van der Waals surface area (Å²) in [6, 6.07) is 5.42. The molecule has 2 atom stereocenters. The van der Waals surface area contributed by atoms with Crippen molar-refractivity contribution in [2.45, 2.75) is 18.3 Å². The maximum atomic E-state index is 14.2. The van der Waals surface area contributed by atoms with Crippen LogP contribution in [0.5, 0.6) is 0 Å². The maximum Gasteiger partial charge on any atom is 0.157 e. The summed E-state index contributed by atoms with van der Waals surface area (Å²) in [5.41, 5.74) is 1.52. The van der Waals surface area contributed by atoms with Gasteiger partial charge in [0, 0.05) is 18.0 Å². The van der Waals surface area contributed by atoms with Crippen molar-refractivity contribution in [2.75, 3.05) is 0 Å². The molecule has 1 aromatic carbocycles. The number of hydrogen-bond donors (Lipinski definition) is 0. The third-order valence-electron chi connectivity index (χ3n) is 4.15. The van der Waals surface area contributed by atoms with Gasteiger partial charge in [0.2, 0.25) is 0 Å². The number of fused-ring (bicyclic) bond motifs is 1. The molecule has 7 heteroatoms. The summed E-state index contributed by atoms with van der Waals surface area (Å²) in [6.45, 7) is 0. The molecule has 0 amide bonds. The Labute approximate surface area is 134 Å². The average molecular weight is 331 g/mol. The third-order valence-corrected chi connectivity index (χ3v) is 4.34. The van der Waals surface area contributed by atoms with Crippen LogP contribution in [0.2, 0.25) is 5.15 Å². The van der Waals surface area contributed by atoms with E-state index in [0.717, 1.165) is 17.7 Å². The van der Waals surface area contributed by atoms with E-state index < -0.39 is 11.6 Å². The van der Waals surface area contributed by atoms with Gasteiger partial charge in [0.05, 0.1) is 5.56 Å². The molecule has 1 saturated carbocycles. The second-order valence-corrected chi connectivity index (χ2v) is 5.92. The number of halogens is 3. The van der Waals surface area contributed by atoms with Crippen LogP contribution in [-0.2, 0) is 0 Å². The molecule has 1 unspecified atom stereocenters. The largest absolute Gasteiger partial charge is 0.235 e. The van der Waals surface area contributed by atoms with Gasteiger partial charge in [-0.15, -0.1) is 0 Å². The minimum atomic E-state index is -0.701. The zero-order valence-corrected chi connectivity index (χ0v) is 12.4. The topological polar surface area (TPSA) is 54.0 Å². The van der Waals surface area contributed by atoms with E-state index in [-0.39, 0.29) is 23.0 Å². The molecular formula is C16H9ClF2N4. The highest BCUT2D eigenvalue weighted by Crippen LogP contribution is 2.56. The molecule has 0 radical (unpaired) electrons. The number of nitrogens with zero attached hydrogens (tertiary/aromatic N) is 4. The van der Waals surface area contributed by atoms with Crippen molar-refractivity contribution in [3.63, 3.8) is 0 Å². The van der Waals surface area contributed by atoms with Crippen molar-refractivity contribution in [3.05, 3.63) is 64.1 Å². The van der Waals surface area contributed by atoms with Gasteiger partial charge >= 0.3 is 0 Å². The predicted molar refractivity (Wildman–Crippen MR) is 79.2 cm³/mol. The molecular weight excluding hydrogens is 322 g/mol. The first-order chi connectivity index (χ1) is 11.1. The van der Waals surface area contributed by atoms with Crippen molar-refractivity contribution in [1.29, 1.82) is 5.26 Å². The number of rotatable bonds is 2. The smallest absolute Gasteiger partial charge is 0.157 e. The fraction of sp³-hybridized carbons (Fsp3) is 0.188. The summed E-state index contributed by atoms with van der Waals surface area (Å²) in [6.07, 6.45) is 3.97. The predicted octanol–water partition coefficient (Wildman–Crippen LogP) is 3.80. The van der Waals surface area contributed by atoms with Crippen LogP contribution in [0.25, 0.3) is 5.65 Å². The number of nitriles is 1. The van der Waals surface area contributed by atoms with Crippen LogP contribution in [0.1, 0.15) is 34.9 Å². The second kappa shape index (κ2) is 5.00. The molecule has 0 bridgehead atoms. The van der Waals surface area contributed by atoms with Gasteiger partial charge in [-0.25, -0.2) is 18.3 Å². The Hall–Kier alpha value is -2.52. The van der Waals surface area contributed by atoms with E-state index in [1.54, 1.807) is 29.0 Å². The molecule has 0 saturated heterocycles. The Morgan fingerprint density at radius 1 is 1.17 bits per heavy atom. The minimum absolute atomic E-state index is 0.00207. The Bertz CT molecular complexity index is 976. The molecule has 0 spiro atoms. The standard InChI is InChI=1S/C16H9ClF2N4/c17-15-6-12(16-21-1-2-23(16)22-15)10-4-9(10)11-5-13(18)8(7-20)3-14(11)19/h1-3,5-6,9-10H,4H2/t9-,10?/m0/s1. The van der Waals surface area contributed by atoms with E-state index >= 15 is 0 Å². The molecule has 4 nitrogen and oxygen atoms in total. The molecule has 23 heavy (non-hydrogen) atoms. The Morgan fingerprint density at radius 3 is 2.74 bits per heavy atom. The van der Waals surface area contributed by atoms with E-state index in [1.165, 1.54) is 0 Å². The van der Waals surface area contributed by atoms with Crippen molar-refractivity contribution in [3.8, 4) is 6.07 Å². The van der Waals surface area contributed by atoms with Gasteiger partial charge in [0.25, 0.3) is 0 Å². The summed E-state index contributed by atoms with van der Waals surface area (Å²) in [5.74, 6) is -1.42. The molecule has 0 aliphatic heterocycles. The zero-order chi connectivity index (χ0) is 16.1. The normalized spacial score (nSPS) is 19.7. The van der Waals surface area contributed by atoms with Gasteiger partial charge in [-0.3, -0.25) is 0 Å². The number of imidazole rings is 1. The summed E-state index contributed by atoms with van der Waals surface area (Å²) in [7, 11) is 0. The van der Waals surface area contributed by atoms with Crippen LogP contribution in [0, 0.1) is 23.0 Å². The van der Waals surface area contributed by atoms with Gasteiger partial charge in [-0.05, 0) is 42.0 Å². The molecule has 114 valence electrons. The molecule has 1 aliphatic carbocycles. The quantitative estimate of drug-likeness (QED) is 0.718. The molecule has 0 N–H and O–H groups in total. The SMILES string of the molecule is N#Cc1cc(F)c([C@H]2CC2c2cc(Cl)nn3ccnc23)cc1F. The van der Waals surface area contributed by atoms with Gasteiger partial charge in [-0.2, -0.15) is 10.4 Å². The lowest BCUT2D eigenvalue weighted by atomic mass is 10.0. The van der Waals surface area contributed by atoms with Crippen LogP contribution >= 0.6 is 11.6 Å². The molecule has 1 aliphatic rings. The Kier molecular flexibility index (Phi) is 3.06. The summed E-state index contributed by atoms with van der Waals surface area (Å²) < 4.78 is 29.5. The lowest BCUT2D eigenvalue weighted by Gasteiger charge is -2.06. The van der Waals surface area contributed by atoms with E-state index in [9.17, 15) is 8.78 Å². The summed E-state index contributed by atoms with van der Waals surface area (Å²) >= 11 is 6.01. The van der Waals surface area contributed by atoms with Gasteiger partial charge in [0.15, 0.2) is 5.65 Å². The first-order valence-corrected chi connectivity index (χ1v) is 7.35. The molecule has 2 aromatic heterocycles. The third kappa shape index (κ3) is 2.25. The average Bonchev–Trinajstić information content (AvgIpc) is 3.17. The first-order valence-electron chi connectivity index (χ1n) is 6.97. The van der Waals surface area contributed by atoms with Crippen LogP contribution in [0.3, 0.4) is 0 Å². The fourth-order valence-electron chi connectivity index (χ4n) is 3.00. The Morgan fingerprint density at radius 2 is 1.96 bits per heavy atom. The van der Waals surface area contributed by atoms with Crippen LogP contribution < -0.4 is 0 Å². The van der Waals surface area contributed by atoms with E-state index in [0.29, 0.717) is 17.2 Å². The Balaban J connectivity index is 1.74. The lowest BCUT2D eigenvalue weighted by molar-refractivity contribution is 0.582. The number of hydrogen-bond acceptors (Lipinski definition) is 3. The van der Waals surface area contributed by atoms with Crippen molar-refractivity contribution < 1.29 is 8.78 Å². The highest BCUT2D eigenvalue weighted by atomic mass is 35.5. The minimum Gasteiger partial charge on any atom is -0.235 e. The lowest BCUT2D eigenvalue weighted by Crippen LogP contribution is -1.98. The van der Waals surface area contributed by atoms with Crippen LogP contribution in [0.4, 0.5) is 8.78 Å². The van der Waals surface area contributed by atoms with Crippen molar-refractivity contribution >= 4 is 17.2 Å². The van der Waals surface area contributed by atoms with Crippen LogP contribution in [-0.4, -0.2) is 14.6 Å². The highest BCUT2D eigenvalue weighted by Gasteiger charge is 2.43. The van der Waals surface area contributed by atoms with Crippen molar-refractivity contribution in [2.24, 2.45) is 0 Å². The first kappa shape index (κ1) is 14.1. The van der Waals surface area contributed by atoms with Crippen molar-refractivity contribution in [1.82, 2.24) is 14.6 Å². The number of aromatic nitrogens is 3. The van der Waals surface area contributed by atoms with Gasteiger partial charge < -0.3 is 0 Å². The zero-order valence-electron chi connectivity index (χ0n) is 11.7. The van der Waals surface area contributed by atoms with E-state index in [4.69, 9.17) is 16.9 Å². The summed E-state index contributed by atoms with van der Waals surface area (Å²) in [4.78, 5) is 4.25. The van der Waals surface area contributed by atoms with Gasteiger partial charge in [-0.1, -0.05) is 11.6 Å². The molecule has 3 aromatic rings. The summed E-state index contributed by atoms with van der Waals surface area (Å²) in [5, 5.41) is 13.2.